The standard InChI is InChI=1S/C16H20N2O2.ClH/c1-9-5-12-7-15(20-14(12)6-10(9)2)16(19)18-8-13(17)11-3-4-11;/h5-7,11,13H,3-4,8,17H2,1-2H3,(H,18,19);1H. The van der Waals surface area contributed by atoms with Crippen molar-refractivity contribution in [1.29, 1.82) is 0 Å². The summed E-state index contributed by atoms with van der Waals surface area (Å²) in [4.78, 5) is 12.1. The second-order valence-electron chi connectivity index (χ2n) is 5.80. The highest BCUT2D eigenvalue weighted by Gasteiger charge is 2.28. The summed E-state index contributed by atoms with van der Waals surface area (Å²) < 4.78 is 5.62. The summed E-state index contributed by atoms with van der Waals surface area (Å²) in [5.74, 6) is 0.747. The quantitative estimate of drug-likeness (QED) is 0.912. The Morgan fingerprint density at radius 1 is 1.33 bits per heavy atom. The van der Waals surface area contributed by atoms with Crippen molar-refractivity contribution in [1.82, 2.24) is 5.32 Å². The Balaban J connectivity index is 0.00000161. The van der Waals surface area contributed by atoms with Crippen molar-refractivity contribution in [3.05, 3.63) is 35.1 Å². The minimum Gasteiger partial charge on any atom is -0.451 e. The molecule has 5 heteroatoms. The van der Waals surface area contributed by atoms with Crippen molar-refractivity contribution < 1.29 is 9.21 Å². The fourth-order valence-corrected chi connectivity index (χ4v) is 2.40. The molecule has 21 heavy (non-hydrogen) atoms. The highest BCUT2D eigenvalue weighted by atomic mass is 35.5. The Kier molecular flexibility index (Phi) is 4.59. The SMILES string of the molecule is Cc1cc2cc(C(=O)NCC(N)C3CC3)oc2cc1C.Cl. The molecule has 1 aliphatic rings. The first-order valence-electron chi connectivity index (χ1n) is 7.09. The predicted octanol–water partition coefficient (Wildman–Crippen LogP) is 2.94. The van der Waals surface area contributed by atoms with Gasteiger partial charge in [0.25, 0.3) is 5.91 Å². The summed E-state index contributed by atoms with van der Waals surface area (Å²) in [6.07, 6.45) is 2.36. The van der Waals surface area contributed by atoms with Gasteiger partial charge in [0.2, 0.25) is 0 Å². The lowest BCUT2D eigenvalue weighted by atomic mass is 10.1. The predicted molar refractivity (Wildman–Crippen MR) is 86.0 cm³/mol. The first kappa shape index (κ1) is 15.9. The van der Waals surface area contributed by atoms with E-state index in [9.17, 15) is 4.79 Å². The number of rotatable bonds is 4. The van der Waals surface area contributed by atoms with E-state index in [4.69, 9.17) is 10.2 Å². The van der Waals surface area contributed by atoms with Crippen LogP contribution < -0.4 is 11.1 Å². The number of aryl methyl sites for hydroxylation is 2. The Labute approximate surface area is 130 Å². The molecule has 3 N–H and O–H groups in total. The Morgan fingerprint density at radius 3 is 2.67 bits per heavy atom. The van der Waals surface area contributed by atoms with Gasteiger partial charge in [0.05, 0.1) is 0 Å². The molecule has 0 spiro atoms. The van der Waals surface area contributed by atoms with Gasteiger partial charge in [-0.15, -0.1) is 12.4 Å². The van der Waals surface area contributed by atoms with E-state index in [1.807, 2.05) is 19.1 Å². The van der Waals surface area contributed by atoms with Gasteiger partial charge in [-0.25, -0.2) is 0 Å². The first-order chi connectivity index (χ1) is 9.54. The molecule has 0 radical (unpaired) electrons. The van der Waals surface area contributed by atoms with E-state index in [2.05, 4.69) is 12.2 Å². The second kappa shape index (κ2) is 6.08. The molecule has 0 aliphatic heterocycles. The number of carbonyl (C=O) groups is 1. The zero-order chi connectivity index (χ0) is 14.3. The van der Waals surface area contributed by atoms with Crippen LogP contribution in [0.15, 0.2) is 22.6 Å². The van der Waals surface area contributed by atoms with Crippen LogP contribution in [0.1, 0.15) is 34.5 Å². The van der Waals surface area contributed by atoms with Crippen LogP contribution in [0.5, 0.6) is 0 Å². The number of benzene rings is 1. The maximum Gasteiger partial charge on any atom is 0.287 e. The van der Waals surface area contributed by atoms with E-state index in [1.165, 1.54) is 18.4 Å². The van der Waals surface area contributed by atoms with E-state index >= 15 is 0 Å². The molecular formula is C16H21ClN2O2. The van der Waals surface area contributed by atoms with Crippen molar-refractivity contribution in [3.8, 4) is 0 Å². The lowest BCUT2D eigenvalue weighted by Gasteiger charge is -2.10. The van der Waals surface area contributed by atoms with E-state index in [-0.39, 0.29) is 24.4 Å². The van der Waals surface area contributed by atoms with Crippen LogP contribution >= 0.6 is 12.4 Å². The molecule has 1 atom stereocenters. The zero-order valence-corrected chi connectivity index (χ0v) is 13.1. The zero-order valence-electron chi connectivity index (χ0n) is 12.3. The summed E-state index contributed by atoms with van der Waals surface area (Å²) >= 11 is 0. The normalized spacial score (nSPS) is 15.6. The van der Waals surface area contributed by atoms with Gasteiger partial charge in [-0.05, 0) is 61.9 Å². The van der Waals surface area contributed by atoms with Crippen molar-refractivity contribution >= 4 is 29.3 Å². The molecule has 4 nitrogen and oxygen atoms in total. The Hall–Kier alpha value is -1.52. The third-order valence-electron chi connectivity index (χ3n) is 4.08. The molecule has 1 saturated carbocycles. The van der Waals surface area contributed by atoms with Gasteiger partial charge >= 0.3 is 0 Å². The smallest absolute Gasteiger partial charge is 0.287 e. The topological polar surface area (TPSA) is 68.3 Å². The monoisotopic (exact) mass is 308 g/mol. The summed E-state index contributed by atoms with van der Waals surface area (Å²) in [5.41, 5.74) is 9.09. The summed E-state index contributed by atoms with van der Waals surface area (Å²) in [5, 5.41) is 3.82. The molecule has 1 aliphatic carbocycles. The highest BCUT2D eigenvalue weighted by Crippen LogP contribution is 2.31. The molecular weight excluding hydrogens is 288 g/mol. The summed E-state index contributed by atoms with van der Waals surface area (Å²) in [7, 11) is 0. The van der Waals surface area contributed by atoms with Crippen molar-refractivity contribution in [2.24, 2.45) is 11.7 Å². The number of fused-ring (bicyclic) bond motifs is 1. The van der Waals surface area contributed by atoms with Gasteiger partial charge in [0.15, 0.2) is 5.76 Å². The number of halogens is 1. The molecule has 1 unspecified atom stereocenters. The molecule has 2 aromatic rings. The number of carbonyl (C=O) groups excluding carboxylic acids is 1. The Bertz CT molecular complexity index is 623. The third kappa shape index (κ3) is 3.39. The molecule has 1 aromatic carbocycles. The van der Waals surface area contributed by atoms with E-state index in [0.29, 0.717) is 18.2 Å². The average Bonchev–Trinajstić information content (AvgIpc) is 3.18. The molecule has 1 fully saturated rings. The van der Waals surface area contributed by atoms with Crippen LogP contribution in [0.2, 0.25) is 0 Å². The number of hydrogen-bond acceptors (Lipinski definition) is 3. The number of furan rings is 1. The maximum absolute atomic E-state index is 12.1. The molecule has 0 saturated heterocycles. The number of hydrogen-bond donors (Lipinski definition) is 2. The Morgan fingerprint density at radius 2 is 2.00 bits per heavy atom. The molecule has 114 valence electrons. The summed E-state index contributed by atoms with van der Waals surface area (Å²) in [6, 6.07) is 5.87. The fraction of sp³-hybridized carbons (Fsp3) is 0.438. The van der Waals surface area contributed by atoms with Gasteiger partial charge in [0, 0.05) is 18.0 Å². The van der Waals surface area contributed by atoms with Crippen molar-refractivity contribution in [3.63, 3.8) is 0 Å². The van der Waals surface area contributed by atoms with Crippen LogP contribution in [0, 0.1) is 19.8 Å². The van der Waals surface area contributed by atoms with Gasteiger partial charge in [0.1, 0.15) is 5.58 Å². The number of nitrogens with one attached hydrogen (secondary N) is 1. The fourth-order valence-electron chi connectivity index (χ4n) is 2.40. The van der Waals surface area contributed by atoms with Crippen molar-refractivity contribution in [2.45, 2.75) is 32.7 Å². The molecule has 0 bridgehead atoms. The van der Waals surface area contributed by atoms with E-state index in [1.54, 1.807) is 6.07 Å². The molecule has 1 heterocycles. The maximum atomic E-state index is 12.1. The van der Waals surface area contributed by atoms with Crippen LogP contribution in [0.4, 0.5) is 0 Å². The van der Waals surface area contributed by atoms with Crippen LogP contribution in [0.25, 0.3) is 11.0 Å². The van der Waals surface area contributed by atoms with E-state index in [0.717, 1.165) is 16.5 Å². The second-order valence-corrected chi connectivity index (χ2v) is 5.80. The van der Waals surface area contributed by atoms with Gasteiger partial charge in [-0.3, -0.25) is 4.79 Å². The van der Waals surface area contributed by atoms with Crippen molar-refractivity contribution in [2.75, 3.05) is 6.54 Å². The minimum absolute atomic E-state index is 0. The lowest BCUT2D eigenvalue weighted by molar-refractivity contribution is 0.0924. The van der Waals surface area contributed by atoms with Gasteiger partial charge in [-0.2, -0.15) is 0 Å². The summed E-state index contributed by atoms with van der Waals surface area (Å²) in [6.45, 7) is 4.60. The van der Waals surface area contributed by atoms with Crippen LogP contribution in [-0.4, -0.2) is 18.5 Å². The van der Waals surface area contributed by atoms with Crippen LogP contribution in [0.3, 0.4) is 0 Å². The number of amides is 1. The van der Waals surface area contributed by atoms with Gasteiger partial charge < -0.3 is 15.5 Å². The van der Waals surface area contributed by atoms with E-state index < -0.39 is 0 Å². The first-order valence-corrected chi connectivity index (χ1v) is 7.09. The number of nitrogens with two attached hydrogens (primary N) is 1. The average molecular weight is 309 g/mol. The minimum atomic E-state index is -0.187. The molecule has 1 amide bonds. The molecule has 3 rings (SSSR count). The third-order valence-corrected chi connectivity index (χ3v) is 4.08. The largest absolute Gasteiger partial charge is 0.451 e. The highest BCUT2D eigenvalue weighted by molar-refractivity contribution is 5.96. The lowest BCUT2D eigenvalue weighted by Crippen LogP contribution is -2.38. The van der Waals surface area contributed by atoms with Crippen LogP contribution in [-0.2, 0) is 0 Å². The molecule has 1 aromatic heterocycles. The van der Waals surface area contributed by atoms with Gasteiger partial charge in [-0.1, -0.05) is 0 Å².